The molecule has 0 spiro atoms. The van der Waals surface area contributed by atoms with Gasteiger partial charge in [-0.15, -0.1) is 11.3 Å². The molecule has 1 heterocycles. The monoisotopic (exact) mass is 285 g/mol. The van der Waals surface area contributed by atoms with Gasteiger partial charge in [-0.05, 0) is 30.7 Å². The first-order valence-corrected chi connectivity index (χ1v) is 7.03. The Kier molecular flexibility index (Phi) is 4.88. The maximum atomic E-state index is 12.1. The molecule has 102 valence electrons. The smallest absolute Gasteiger partial charge is 0.251 e. The van der Waals surface area contributed by atoms with E-state index < -0.39 is 0 Å². The average Bonchev–Trinajstić information content (AvgIpc) is 2.95. The molecule has 0 aliphatic rings. The molecule has 4 nitrogen and oxygen atoms in total. The topological polar surface area (TPSA) is 68.0 Å². The van der Waals surface area contributed by atoms with Crippen LogP contribution in [0.1, 0.15) is 26.4 Å². The van der Waals surface area contributed by atoms with Crippen molar-refractivity contribution in [2.45, 2.75) is 13.5 Å². The maximum absolute atomic E-state index is 12.1. The molecule has 0 bridgehead atoms. The number of thiazole rings is 1. The number of nitrogens with two attached hydrogens (primary N) is 1. The SMILES string of the molecule is Cc1cc(C#CCN)cc(C(=O)NCc2cncs2)c1. The van der Waals surface area contributed by atoms with Crippen LogP contribution in [0, 0.1) is 18.8 Å². The Morgan fingerprint density at radius 2 is 2.30 bits per heavy atom. The van der Waals surface area contributed by atoms with Crippen LogP contribution in [-0.4, -0.2) is 17.4 Å². The van der Waals surface area contributed by atoms with E-state index in [0.717, 1.165) is 16.0 Å². The van der Waals surface area contributed by atoms with Crippen molar-refractivity contribution in [3.8, 4) is 11.8 Å². The van der Waals surface area contributed by atoms with E-state index in [1.54, 1.807) is 17.8 Å². The van der Waals surface area contributed by atoms with E-state index in [1.165, 1.54) is 11.3 Å². The zero-order valence-electron chi connectivity index (χ0n) is 11.1. The lowest BCUT2D eigenvalue weighted by molar-refractivity contribution is 0.0951. The van der Waals surface area contributed by atoms with Gasteiger partial charge in [0.15, 0.2) is 0 Å². The summed E-state index contributed by atoms with van der Waals surface area (Å²) >= 11 is 1.52. The molecule has 3 N–H and O–H groups in total. The van der Waals surface area contributed by atoms with Crippen LogP contribution >= 0.6 is 11.3 Å². The number of hydrogen-bond acceptors (Lipinski definition) is 4. The van der Waals surface area contributed by atoms with Gasteiger partial charge in [-0.3, -0.25) is 9.78 Å². The fourth-order valence-electron chi connectivity index (χ4n) is 1.74. The molecular weight excluding hydrogens is 270 g/mol. The predicted octanol–water partition coefficient (Wildman–Crippen LogP) is 1.69. The zero-order chi connectivity index (χ0) is 14.4. The molecule has 1 aromatic heterocycles. The van der Waals surface area contributed by atoms with E-state index in [0.29, 0.717) is 18.7 Å². The van der Waals surface area contributed by atoms with E-state index in [2.05, 4.69) is 22.1 Å². The highest BCUT2D eigenvalue weighted by molar-refractivity contribution is 7.09. The van der Waals surface area contributed by atoms with Crippen molar-refractivity contribution in [1.29, 1.82) is 0 Å². The van der Waals surface area contributed by atoms with Gasteiger partial charge in [0.1, 0.15) is 0 Å². The van der Waals surface area contributed by atoms with E-state index in [-0.39, 0.29) is 5.91 Å². The first-order chi connectivity index (χ1) is 9.69. The quantitative estimate of drug-likeness (QED) is 0.843. The summed E-state index contributed by atoms with van der Waals surface area (Å²) < 4.78 is 0. The molecule has 0 aliphatic heterocycles. The fraction of sp³-hybridized carbons (Fsp3) is 0.200. The molecule has 0 fully saturated rings. The van der Waals surface area contributed by atoms with Gasteiger partial charge in [-0.2, -0.15) is 0 Å². The number of carbonyl (C=O) groups is 1. The van der Waals surface area contributed by atoms with Gasteiger partial charge in [-0.25, -0.2) is 0 Å². The average molecular weight is 285 g/mol. The minimum atomic E-state index is -0.113. The lowest BCUT2D eigenvalue weighted by atomic mass is 10.1. The van der Waals surface area contributed by atoms with Crippen molar-refractivity contribution in [3.05, 3.63) is 51.5 Å². The standard InChI is InChI=1S/C15H15N3OS/c1-11-5-12(3-2-4-16)7-13(6-11)15(19)18-9-14-8-17-10-20-14/h5-8,10H,4,9,16H2,1H3,(H,18,19). The number of hydrogen-bond donors (Lipinski definition) is 2. The second kappa shape index (κ2) is 6.85. The number of aromatic nitrogens is 1. The first kappa shape index (κ1) is 14.3. The third-order valence-electron chi connectivity index (χ3n) is 2.58. The molecule has 1 amide bonds. The van der Waals surface area contributed by atoms with Gasteiger partial charge >= 0.3 is 0 Å². The summed E-state index contributed by atoms with van der Waals surface area (Å²) in [5.74, 6) is 5.63. The minimum absolute atomic E-state index is 0.113. The van der Waals surface area contributed by atoms with Crippen molar-refractivity contribution in [2.75, 3.05) is 6.54 Å². The third-order valence-corrected chi connectivity index (χ3v) is 3.36. The number of amides is 1. The van der Waals surface area contributed by atoms with E-state index in [1.807, 2.05) is 19.1 Å². The molecule has 0 saturated carbocycles. The molecule has 1 aromatic carbocycles. The summed E-state index contributed by atoms with van der Waals surface area (Å²) in [7, 11) is 0. The second-order valence-corrected chi connectivity index (χ2v) is 5.21. The number of aryl methyl sites for hydroxylation is 1. The molecule has 2 aromatic rings. The predicted molar refractivity (Wildman–Crippen MR) is 80.4 cm³/mol. The largest absolute Gasteiger partial charge is 0.347 e. The van der Waals surface area contributed by atoms with Gasteiger partial charge in [0, 0.05) is 22.2 Å². The third kappa shape index (κ3) is 3.92. The van der Waals surface area contributed by atoms with Crippen LogP contribution in [0.25, 0.3) is 0 Å². The minimum Gasteiger partial charge on any atom is -0.347 e. The van der Waals surface area contributed by atoms with Crippen molar-refractivity contribution in [1.82, 2.24) is 10.3 Å². The highest BCUT2D eigenvalue weighted by atomic mass is 32.1. The van der Waals surface area contributed by atoms with E-state index in [9.17, 15) is 4.79 Å². The summed E-state index contributed by atoms with van der Waals surface area (Å²) in [6.07, 6.45) is 1.75. The molecular formula is C15H15N3OS. The van der Waals surface area contributed by atoms with Crippen LogP contribution < -0.4 is 11.1 Å². The second-order valence-electron chi connectivity index (χ2n) is 4.24. The van der Waals surface area contributed by atoms with Crippen LogP contribution in [0.15, 0.2) is 29.9 Å². The Balaban J connectivity index is 2.10. The van der Waals surface area contributed by atoms with Crippen molar-refractivity contribution in [2.24, 2.45) is 5.73 Å². The number of nitrogens with zero attached hydrogens (tertiary/aromatic N) is 1. The Hall–Kier alpha value is -2.16. The lowest BCUT2D eigenvalue weighted by Crippen LogP contribution is -2.22. The molecule has 0 atom stereocenters. The van der Waals surface area contributed by atoms with Crippen LogP contribution in [0.4, 0.5) is 0 Å². The van der Waals surface area contributed by atoms with Gasteiger partial charge in [0.2, 0.25) is 0 Å². The first-order valence-electron chi connectivity index (χ1n) is 6.15. The Morgan fingerprint density at radius 1 is 1.45 bits per heavy atom. The highest BCUT2D eigenvalue weighted by Gasteiger charge is 2.07. The summed E-state index contributed by atoms with van der Waals surface area (Å²) in [4.78, 5) is 17.1. The molecule has 20 heavy (non-hydrogen) atoms. The number of carbonyl (C=O) groups excluding carboxylic acids is 1. The van der Waals surface area contributed by atoms with Gasteiger partial charge < -0.3 is 11.1 Å². The summed E-state index contributed by atoms with van der Waals surface area (Å²) in [6.45, 7) is 2.73. The van der Waals surface area contributed by atoms with Crippen LogP contribution in [0.2, 0.25) is 0 Å². The summed E-state index contributed by atoms with van der Waals surface area (Å²) in [6, 6.07) is 5.55. The molecule has 0 saturated heterocycles. The van der Waals surface area contributed by atoms with E-state index in [4.69, 9.17) is 5.73 Å². The number of benzene rings is 1. The zero-order valence-corrected chi connectivity index (χ0v) is 12.0. The number of nitrogens with one attached hydrogen (secondary N) is 1. The van der Waals surface area contributed by atoms with Gasteiger partial charge in [-0.1, -0.05) is 11.8 Å². The molecule has 0 radical (unpaired) electrons. The maximum Gasteiger partial charge on any atom is 0.251 e. The Bertz CT molecular complexity index is 653. The van der Waals surface area contributed by atoms with Crippen LogP contribution in [0.3, 0.4) is 0 Å². The normalized spacial score (nSPS) is 9.70. The van der Waals surface area contributed by atoms with Crippen LogP contribution in [-0.2, 0) is 6.54 Å². The van der Waals surface area contributed by atoms with Crippen molar-refractivity contribution in [3.63, 3.8) is 0 Å². The summed E-state index contributed by atoms with van der Waals surface area (Å²) in [5.41, 5.74) is 9.51. The lowest BCUT2D eigenvalue weighted by Gasteiger charge is -2.05. The molecule has 0 unspecified atom stereocenters. The van der Waals surface area contributed by atoms with Gasteiger partial charge in [0.25, 0.3) is 5.91 Å². The fourth-order valence-corrected chi connectivity index (χ4v) is 2.27. The van der Waals surface area contributed by atoms with Crippen molar-refractivity contribution >= 4 is 17.2 Å². The Labute approximate surface area is 122 Å². The number of rotatable bonds is 3. The van der Waals surface area contributed by atoms with Crippen LogP contribution in [0.5, 0.6) is 0 Å². The molecule has 0 aliphatic carbocycles. The molecule has 2 rings (SSSR count). The molecule has 5 heteroatoms. The van der Waals surface area contributed by atoms with E-state index >= 15 is 0 Å². The summed E-state index contributed by atoms with van der Waals surface area (Å²) in [5, 5.41) is 2.87. The highest BCUT2D eigenvalue weighted by Crippen LogP contribution is 2.10. The van der Waals surface area contributed by atoms with Gasteiger partial charge in [0.05, 0.1) is 18.6 Å². The van der Waals surface area contributed by atoms with Crippen molar-refractivity contribution < 1.29 is 4.79 Å². The Morgan fingerprint density at radius 3 is 3.00 bits per heavy atom.